The van der Waals surface area contributed by atoms with Crippen LogP contribution in [0.5, 0.6) is 0 Å². The first kappa shape index (κ1) is 20.7. The largest absolute Gasteiger partial charge is 0.394 e. The van der Waals surface area contributed by atoms with Gasteiger partial charge in [0.1, 0.15) is 18.3 Å². The fraction of sp³-hybridized carbons (Fsp3) is 0.722. The maximum Gasteiger partial charge on any atom is 0.351 e. The lowest BCUT2D eigenvalue weighted by molar-refractivity contribution is -0.200. The van der Waals surface area contributed by atoms with Gasteiger partial charge in [-0.3, -0.25) is 4.57 Å². The molecule has 0 radical (unpaired) electrons. The van der Waals surface area contributed by atoms with E-state index in [4.69, 9.17) is 19.0 Å². The zero-order valence-electron chi connectivity index (χ0n) is 16.3. The number of carbonyl (C=O) groups excluding carboxylic acids is 1. The second-order valence-electron chi connectivity index (χ2n) is 7.35. The van der Waals surface area contributed by atoms with Crippen LogP contribution in [0.2, 0.25) is 0 Å². The maximum atomic E-state index is 12.5. The molecule has 10 nitrogen and oxygen atoms in total. The smallest absolute Gasteiger partial charge is 0.351 e. The van der Waals surface area contributed by atoms with Crippen molar-refractivity contribution in [2.24, 2.45) is 0 Å². The Kier molecular flexibility index (Phi) is 6.33. The van der Waals surface area contributed by atoms with Gasteiger partial charge < -0.3 is 24.2 Å². The number of hydrogen-bond acceptors (Lipinski definition) is 9. The van der Waals surface area contributed by atoms with Crippen molar-refractivity contribution in [1.29, 1.82) is 0 Å². The van der Waals surface area contributed by atoms with Crippen LogP contribution in [0.4, 0.5) is 5.82 Å². The number of carbonyl (C=O) groups is 1. The van der Waals surface area contributed by atoms with Crippen LogP contribution in [0.3, 0.4) is 0 Å². The number of anilines is 1. The van der Waals surface area contributed by atoms with Crippen molar-refractivity contribution in [1.82, 2.24) is 9.55 Å². The Hall–Kier alpha value is -2.01. The molecule has 2 aliphatic rings. The average molecular weight is 397 g/mol. The average Bonchev–Trinajstić information content (AvgIpc) is 3.13. The molecule has 3 rings (SSSR count). The van der Waals surface area contributed by atoms with Crippen LogP contribution in [-0.4, -0.2) is 51.3 Å². The van der Waals surface area contributed by atoms with Gasteiger partial charge in [-0.1, -0.05) is 19.8 Å². The highest BCUT2D eigenvalue weighted by atomic mass is 16.8. The third kappa shape index (κ3) is 4.52. The third-order valence-electron chi connectivity index (χ3n) is 4.66. The molecule has 2 saturated heterocycles. The lowest BCUT2D eigenvalue weighted by atomic mass is 10.1. The van der Waals surface area contributed by atoms with Gasteiger partial charge in [0, 0.05) is 18.7 Å². The van der Waals surface area contributed by atoms with Gasteiger partial charge in [0.25, 0.3) is 0 Å². The Labute approximate surface area is 162 Å². The molecule has 4 atom stereocenters. The molecule has 28 heavy (non-hydrogen) atoms. The molecule has 0 aliphatic carbocycles. The van der Waals surface area contributed by atoms with Crippen LogP contribution < -0.4 is 11.2 Å². The summed E-state index contributed by atoms with van der Waals surface area (Å²) < 4.78 is 18.7. The molecule has 0 saturated carbocycles. The van der Waals surface area contributed by atoms with Gasteiger partial charge in [0.15, 0.2) is 17.8 Å². The number of aromatic nitrogens is 2. The summed E-state index contributed by atoms with van der Waals surface area (Å²) in [6.07, 6.45) is 2.04. The van der Waals surface area contributed by atoms with Crippen LogP contribution in [-0.2, 0) is 23.8 Å². The van der Waals surface area contributed by atoms with Crippen LogP contribution in [0, 0.1) is 0 Å². The highest BCUT2D eigenvalue weighted by Gasteiger charge is 2.55. The van der Waals surface area contributed by atoms with E-state index in [1.165, 1.54) is 16.8 Å². The second kappa shape index (κ2) is 8.56. The van der Waals surface area contributed by atoms with Gasteiger partial charge in [-0.25, -0.2) is 15.1 Å². The number of aliphatic hydroxyl groups excluding tert-OH is 1. The van der Waals surface area contributed by atoms with Crippen LogP contribution in [0.15, 0.2) is 17.1 Å². The van der Waals surface area contributed by atoms with Crippen molar-refractivity contribution >= 4 is 11.8 Å². The van der Waals surface area contributed by atoms with E-state index < -0.39 is 42.0 Å². The van der Waals surface area contributed by atoms with Gasteiger partial charge in [-0.15, -0.1) is 0 Å². The van der Waals surface area contributed by atoms with Gasteiger partial charge >= 0.3 is 11.7 Å². The number of nitrogens with zero attached hydrogens (tertiary/aromatic N) is 2. The van der Waals surface area contributed by atoms with Crippen LogP contribution in [0.25, 0.3) is 0 Å². The minimum absolute atomic E-state index is 0.113. The zero-order chi connectivity index (χ0) is 20.3. The van der Waals surface area contributed by atoms with E-state index in [-0.39, 0.29) is 12.4 Å². The number of ether oxygens (including phenoxy) is 3. The Balaban J connectivity index is 1.66. The summed E-state index contributed by atoms with van der Waals surface area (Å²) >= 11 is 0. The molecule has 3 heterocycles. The maximum absolute atomic E-state index is 12.5. The van der Waals surface area contributed by atoms with E-state index in [9.17, 15) is 14.7 Å². The molecule has 10 heteroatoms. The van der Waals surface area contributed by atoms with E-state index in [1.807, 2.05) is 6.92 Å². The third-order valence-corrected chi connectivity index (χ3v) is 4.66. The number of rotatable bonds is 8. The van der Waals surface area contributed by atoms with E-state index in [2.05, 4.69) is 10.5 Å². The fourth-order valence-electron chi connectivity index (χ4n) is 3.37. The summed E-state index contributed by atoms with van der Waals surface area (Å²) in [5, 5.41) is 9.54. The Bertz CT molecular complexity index is 751. The number of unbranched alkanes of at least 4 members (excludes halogenated alkanes) is 2. The number of fused-ring (bicyclic) bond motifs is 1. The lowest BCUT2D eigenvalue weighted by Crippen LogP contribution is -2.35. The summed E-state index contributed by atoms with van der Waals surface area (Å²) in [6, 6.07) is 1.49. The van der Waals surface area contributed by atoms with Crippen molar-refractivity contribution in [2.45, 2.75) is 76.8 Å². The zero-order valence-corrected chi connectivity index (χ0v) is 16.3. The normalized spacial score (nSPS) is 28.1. The first-order valence-corrected chi connectivity index (χ1v) is 9.51. The Morgan fingerprint density at radius 2 is 2.11 bits per heavy atom. The van der Waals surface area contributed by atoms with Gasteiger partial charge in [-0.05, 0) is 20.3 Å². The van der Waals surface area contributed by atoms with Crippen molar-refractivity contribution in [3.8, 4) is 0 Å². The van der Waals surface area contributed by atoms with Crippen LogP contribution in [0.1, 0.15) is 52.7 Å². The topological polar surface area (TPSA) is 121 Å². The molecule has 156 valence electrons. The van der Waals surface area contributed by atoms with E-state index >= 15 is 0 Å². The first-order valence-electron chi connectivity index (χ1n) is 9.51. The lowest BCUT2D eigenvalue weighted by Gasteiger charge is -2.24. The van der Waals surface area contributed by atoms with E-state index in [1.54, 1.807) is 13.8 Å². The number of nitrogens with one attached hydrogen (secondary N) is 1. The minimum atomic E-state index is -0.838. The second-order valence-corrected chi connectivity index (χ2v) is 7.35. The molecular weight excluding hydrogens is 370 g/mol. The highest BCUT2D eigenvalue weighted by Crippen LogP contribution is 2.42. The summed E-state index contributed by atoms with van der Waals surface area (Å²) in [7, 11) is 0. The van der Waals surface area contributed by atoms with Crippen molar-refractivity contribution in [2.75, 3.05) is 12.1 Å². The first-order chi connectivity index (χ1) is 13.3. The summed E-state index contributed by atoms with van der Waals surface area (Å²) in [4.78, 5) is 32.9. The number of hydrogen-bond donors (Lipinski definition) is 2. The van der Waals surface area contributed by atoms with Gasteiger partial charge in [-0.2, -0.15) is 4.98 Å². The Morgan fingerprint density at radius 3 is 2.79 bits per heavy atom. The van der Waals surface area contributed by atoms with Crippen molar-refractivity contribution < 1.29 is 28.9 Å². The molecule has 2 N–H and O–H groups in total. The van der Waals surface area contributed by atoms with Gasteiger partial charge in [0.05, 0.1) is 6.61 Å². The molecule has 1 aromatic heterocycles. The fourth-order valence-corrected chi connectivity index (χ4v) is 3.37. The molecule has 2 aliphatic heterocycles. The molecule has 2 fully saturated rings. The van der Waals surface area contributed by atoms with Gasteiger partial charge in [0.2, 0.25) is 0 Å². The summed E-state index contributed by atoms with van der Waals surface area (Å²) in [5.41, 5.74) is 1.79. The van der Waals surface area contributed by atoms with Crippen LogP contribution >= 0.6 is 0 Å². The molecular formula is C18H27N3O7. The Morgan fingerprint density at radius 1 is 1.36 bits per heavy atom. The summed E-state index contributed by atoms with van der Waals surface area (Å²) in [5.74, 6) is -1.14. The molecule has 1 aromatic rings. The predicted octanol–water partition coefficient (Wildman–Crippen LogP) is 1.10. The van der Waals surface area contributed by atoms with E-state index in [0.717, 1.165) is 19.3 Å². The van der Waals surface area contributed by atoms with E-state index in [0.29, 0.717) is 6.42 Å². The highest BCUT2D eigenvalue weighted by molar-refractivity contribution is 5.70. The standard InChI is InChI=1S/C18H27N3O7/c1-4-5-6-7-13(23)28-20-12-8-9-21(17(24)19-12)16-15-14(11(10-22)25-16)26-18(2,3)27-15/h8-9,11,14-16,22H,4-7,10H2,1-3H3,(H,19,20,24)/t11-,14-,15-,16-/m1/s1. The number of aliphatic hydroxyl groups is 1. The SMILES string of the molecule is CCCCCC(=O)ONc1ccn([C@@H]2O[C@H](CO)[C@H]3OC(C)(C)O[C@H]32)c(=O)n1. The molecule has 0 aromatic carbocycles. The molecule has 0 spiro atoms. The summed E-state index contributed by atoms with van der Waals surface area (Å²) in [6.45, 7) is 5.32. The quantitative estimate of drug-likeness (QED) is 0.490. The monoisotopic (exact) mass is 397 g/mol. The predicted molar refractivity (Wildman–Crippen MR) is 97.2 cm³/mol. The minimum Gasteiger partial charge on any atom is -0.394 e. The van der Waals surface area contributed by atoms with Crippen molar-refractivity contribution in [3.05, 3.63) is 22.7 Å². The molecule has 0 unspecified atom stereocenters. The van der Waals surface area contributed by atoms with Crippen molar-refractivity contribution in [3.63, 3.8) is 0 Å². The molecule has 0 amide bonds. The molecule has 0 bridgehead atoms.